The molecule has 3 aromatic heterocycles. The zero-order valence-electron chi connectivity index (χ0n) is 52.4. The molecule has 0 aliphatic rings. The van der Waals surface area contributed by atoms with Gasteiger partial charge < -0.3 is 0 Å². The number of para-hydroxylation sites is 1. The number of hydrogen-bond acceptors (Lipinski definition) is 3. The van der Waals surface area contributed by atoms with Crippen molar-refractivity contribution in [3.8, 4) is 0 Å². The van der Waals surface area contributed by atoms with Crippen LogP contribution < -0.4 is 0 Å². The third-order valence-corrected chi connectivity index (χ3v) is 8.03. The van der Waals surface area contributed by atoms with E-state index in [0.717, 1.165) is 27.8 Å². The largest absolute Gasteiger partial charge is 0.265 e. The average molecular weight is 981 g/mol. The number of hydrogen-bond donors (Lipinski definition) is 0. The quantitative estimate of drug-likeness (QED) is 0.173. The molecule has 0 saturated carbocycles. The monoisotopic (exact) mass is 980 g/mol. The fourth-order valence-electron chi connectivity index (χ4n) is 4.69. The van der Waals surface area contributed by atoms with Crippen LogP contribution >= 0.6 is 0 Å². The molecule has 72 heavy (non-hydrogen) atoms. The minimum Gasteiger partial charge on any atom is -0.265 e. The van der Waals surface area contributed by atoms with E-state index < -0.39 is 0 Å². The predicted octanol–water partition coefficient (Wildman–Crippen LogP) is 23.3. The number of nitrogens with zero attached hydrogens (tertiary/aromatic N) is 3. The molecule has 8 rings (SSSR count). The number of fused-ring (bicyclic) bond motifs is 2. The zero-order valence-corrected chi connectivity index (χ0v) is 50.4. The van der Waals surface area contributed by atoms with Gasteiger partial charge in [0.2, 0.25) is 0 Å². The van der Waals surface area contributed by atoms with E-state index in [4.69, 9.17) is 2.74 Å². The molecule has 3 heterocycles. The molecule has 8 aromatic rings. The van der Waals surface area contributed by atoms with Crippen LogP contribution in [0, 0.1) is 13.8 Å². The van der Waals surface area contributed by atoms with E-state index in [1.165, 1.54) is 27.3 Å². The molecule has 5 aromatic carbocycles. The lowest BCUT2D eigenvalue weighted by molar-refractivity contribution is 1.29. The molecule has 0 saturated heterocycles. The highest BCUT2D eigenvalue weighted by Crippen LogP contribution is 2.13. The fourth-order valence-corrected chi connectivity index (χ4v) is 4.69. The number of aromatic nitrogens is 3. The topological polar surface area (TPSA) is 38.7 Å². The molecule has 0 fully saturated rings. The maximum Gasteiger partial charge on any atom is 0.0701 e. The van der Waals surface area contributed by atoms with Crippen LogP contribution in [0.15, 0.2) is 213 Å². The second kappa shape index (κ2) is 68.8. The summed E-state index contributed by atoms with van der Waals surface area (Å²) < 4.78 is 14.8. The highest BCUT2D eigenvalue weighted by atomic mass is 14.6. The summed E-state index contributed by atoms with van der Waals surface area (Å²) in [5.74, 6) is 0. The van der Waals surface area contributed by atoms with Gasteiger partial charge in [0.05, 0.1) is 8.26 Å². The summed E-state index contributed by atoms with van der Waals surface area (Å²) in [5.41, 5.74) is 7.91. The molecule has 0 atom stereocenters. The first-order valence-corrected chi connectivity index (χ1v) is 27.0. The summed E-state index contributed by atoms with van der Waals surface area (Å²) in [6, 6.07) is 58.1. The molecule has 0 aliphatic carbocycles. The van der Waals surface area contributed by atoms with Crippen molar-refractivity contribution in [2.24, 2.45) is 0 Å². The standard InChI is InChI=1S/C10H8.C10H12.C9H7N.C9H11N.C7H8.C6H7N.9C2H6/c1-2-6-10-8-4-3-7-9(10)5-1;1-3-9(2)10-7-5-4-6-8-10;1-2-6-9-8(4-1)5-3-7-10-9;1-3-8(2)9-4-6-10-7-5-9;1-7-5-3-2-4-6-7;1-6-2-4-7-5-3-6;9*1-2/h1-8H;3-8H,1-2H3;1-7H;3-7H,1-2H3;2-6H,1H3;2-5H,1H3;9*1-2H3/b;9-3-;;8-3-;;;;;;;;;;;/i;3D;;3D;;;;;;;;;;;. The molecule has 3 nitrogen and oxygen atoms in total. The number of rotatable bonds is 2. The smallest absolute Gasteiger partial charge is 0.0701 e. The molecule has 3 heteroatoms. The Hall–Kier alpha value is -6.45. The lowest BCUT2D eigenvalue weighted by Crippen LogP contribution is -1.77. The molecule has 398 valence electrons. The van der Waals surface area contributed by atoms with Gasteiger partial charge in [-0.15, -0.1) is 0 Å². The molecule has 0 bridgehead atoms. The summed E-state index contributed by atoms with van der Waals surface area (Å²) in [7, 11) is 0. The Balaban J connectivity index is -0.000000138. The van der Waals surface area contributed by atoms with Crippen molar-refractivity contribution in [1.82, 2.24) is 15.0 Å². The average Bonchev–Trinajstić information content (AvgIpc) is 3.51. The Morgan fingerprint density at radius 3 is 0.903 bits per heavy atom. The first kappa shape index (κ1) is 74.5. The van der Waals surface area contributed by atoms with Crippen LogP contribution in [0.25, 0.3) is 32.8 Å². The van der Waals surface area contributed by atoms with Gasteiger partial charge >= 0.3 is 0 Å². The van der Waals surface area contributed by atoms with Gasteiger partial charge in [0.15, 0.2) is 0 Å². The normalized spacial score (nSPS) is 9.11. The van der Waals surface area contributed by atoms with Gasteiger partial charge in [-0.3, -0.25) is 15.0 Å². The molecule has 0 N–H and O–H groups in total. The molecular formula is C69H107N3. The van der Waals surface area contributed by atoms with Crippen LogP contribution in [0.2, 0.25) is 0 Å². The van der Waals surface area contributed by atoms with Crippen molar-refractivity contribution < 1.29 is 2.74 Å². The summed E-state index contributed by atoms with van der Waals surface area (Å²) >= 11 is 0. The molecule has 0 amide bonds. The maximum absolute atomic E-state index is 7.40. The SMILES string of the molecule is CC.CC.CC.CC.CC.CC.CC.CC.CC.Cc1ccccc1.Cc1ccncc1.[2H]/C(C)=C(\C)c1ccccc1.[2H]/C(C)=C(\C)c1ccncc1.c1ccc2ccccc2c1.c1ccc2ncccc2c1. The van der Waals surface area contributed by atoms with Gasteiger partial charge in [-0.1, -0.05) is 276 Å². The van der Waals surface area contributed by atoms with E-state index >= 15 is 0 Å². The molecule has 0 spiro atoms. The highest BCUT2D eigenvalue weighted by molar-refractivity contribution is 5.82. The van der Waals surface area contributed by atoms with Crippen LogP contribution in [0.4, 0.5) is 0 Å². The van der Waals surface area contributed by atoms with Crippen molar-refractivity contribution in [3.63, 3.8) is 0 Å². The molecule has 0 radical (unpaired) electrons. The van der Waals surface area contributed by atoms with Gasteiger partial charge in [-0.05, 0) is 117 Å². The van der Waals surface area contributed by atoms with Crippen LogP contribution in [0.5, 0.6) is 0 Å². The Morgan fingerprint density at radius 1 is 0.319 bits per heavy atom. The van der Waals surface area contributed by atoms with Crippen molar-refractivity contribution >= 4 is 32.8 Å². The lowest BCUT2D eigenvalue weighted by atomic mass is 10.1. The van der Waals surface area contributed by atoms with Crippen molar-refractivity contribution in [1.29, 1.82) is 0 Å². The summed E-state index contributed by atoms with van der Waals surface area (Å²) in [6.45, 7) is 47.6. The minimum absolute atomic E-state index is 0.608. The fraction of sp³-hybridized carbons (Fsp3) is 0.348. The van der Waals surface area contributed by atoms with Gasteiger partial charge in [-0.25, -0.2) is 0 Å². The van der Waals surface area contributed by atoms with E-state index in [2.05, 4.69) is 94.7 Å². The van der Waals surface area contributed by atoms with Crippen molar-refractivity contribution in [3.05, 3.63) is 235 Å². The van der Waals surface area contributed by atoms with Crippen LogP contribution in [0.3, 0.4) is 0 Å². The lowest BCUT2D eigenvalue weighted by Gasteiger charge is -1.97. The van der Waals surface area contributed by atoms with Gasteiger partial charge in [0.1, 0.15) is 0 Å². The van der Waals surface area contributed by atoms with Gasteiger partial charge in [0, 0.05) is 36.4 Å². The van der Waals surface area contributed by atoms with Crippen LogP contribution in [0.1, 0.15) is 177 Å². The minimum atomic E-state index is 0.608. The summed E-state index contributed by atoms with van der Waals surface area (Å²) in [4.78, 5) is 11.9. The number of aryl methyl sites for hydroxylation is 2. The Bertz CT molecular complexity index is 2020. The van der Waals surface area contributed by atoms with E-state index in [-0.39, 0.29) is 0 Å². The Labute approximate surface area is 449 Å². The maximum atomic E-state index is 7.40. The highest BCUT2D eigenvalue weighted by Gasteiger charge is 1.91. The summed E-state index contributed by atoms with van der Waals surface area (Å²) in [5, 5.41) is 3.82. The Morgan fingerprint density at radius 2 is 0.597 bits per heavy atom. The second-order valence-electron chi connectivity index (χ2n) is 12.1. The Kier molecular flexibility index (Phi) is 71.2. The van der Waals surface area contributed by atoms with E-state index in [1.54, 1.807) is 31.7 Å². The predicted molar refractivity (Wildman–Crippen MR) is 337 cm³/mol. The summed E-state index contributed by atoms with van der Waals surface area (Å²) in [6.07, 6.45) is 8.86. The number of benzene rings is 5. The third-order valence-electron chi connectivity index (χ3n) is 8.03. The van der Waals surface area contributed by atoms with Crippen LogP contribution in [-0.2, 0) is 0 Å². The zero-order chi connectivity index (χ0) is 58.4. The van der Waals surface area contributed by atoms with Crippen LogP contribution in [-0.4, -0.2) is 15.0 Å². The van der Waals surface area contributed by atoms with E-state index in [0.29, 0.717) is 12.1 Å². The third kappa shape index (κ3) is 46.0. The van der Waals surface area contributed by atoms with E-state index in [1.807, 2.05) is 256 Å². The van der Waals surface area contributed by atoms with E-state index in [9.17, 15) is 0 Å². The second-order valence-corrected chi connectivity index (χ2v) is 12.1. The first-order chi connectivity index (χ1) is 36.2. The van der Waals surface area contributed by atoms with Crippen molar-refractivity contribution in [2.75, 3.05) is 0 Å². The van der Waals surface area contributed by atoms with Crippen molar-refractivity contribution in [2.45, 2.75) is 166 Å². The number of allylic oxidation sites excluding steroid dienone is 4. The van der Waals surface area contributed by atoms with Gasteiger partial charge in [-0.2, -0.15) is 0 Å². The molecule has 0 unspecified atom stereocenters. The first-order valence-electron chi connectivity index (χ1n) is 28.0. The molecule has 0 aliphatic heterocycles. The molecular weight excluding hydrogens is 871 g/mol. The van der Waals surface area contributed by atoms with Gasteiger partial charge in [0.25, 0.3) is 0 Å². The number of pyridine rings is 3.